The fourth-order valence-corrected chi connectivity index (χ4v) is 3.68. The summed E-state index contributed by atoms with van der Waals surface area (Å²) in [4.78, 5) is 28.0. The monoisotopic (exact) mass is 503 g/mol. The molecule has 0 aliphatic heterocycles. The van der Waals surface area contributed by atoms with Crippen molar-refractivity contribution < 1.29 is 14.7 Å². The number of carboxylic acids is 1. The van der Waals surface area contributed by atoms with Crippen LogP contribution in [0.5, 0.6) is 0 Å². The van der Waals surface area contributed by atoms with Gasteiger partial charge in [0.15, 0.2) is 0 Å². The highest BCUT2D eigenvalue weighted by molar-refractivity contribution is 6.30. The second-order valence-electron chi connectivity index (χ2n) is 7.82. The van der Waals surface area contributed by atoms with Crippen LogP contribution < -0.4 is 10.6 Å². The van der Waals surface area contributed by atoms with Crippen molar-refractivity contribution in [3.63, 3.8) is 0 Å². The minimum Gasteiger partial charge on any atom is -0.478 e. The predicted octanol–water partition coefficient (Wildman–Crippen LogP) is 3.26. The molecule has 2 heterocycles. The van der Waals surface area contributed by atoms with Gasteiger partial charge in [0.25, 0.3) is 0 Å². The molecule has 4 rings (SSSR count). The first-order valence-corrected chi connectivity index (χ1v) is 11.3. The summed E-state index contributed by atoms with van der Waals surface area (Å²) in [5.74, 6) is -1.28. The van der Waals surface area contributed by atoms with Crippen LogP contribution in [-0.4, -0.2) is 54.8 Å². The minimum absolute atomic E-state index is 0.203. The zero-order valence-corrected chi connectivity index (χ0v) is 19.7. The van der Waals surface area contributed by atoms with Crippen molar-refractivity contribution in [3.05, 3.63) is 101 Å². The molecule has 0 radical (unpaired) electrons. The van der Waals surface area contributed by atoms with Gasteiger partial charge in [0, 0.05) is 41.3 Å². The van der Waals surface area contributed by atoms with E-state index in [1.54, 1.807) is 48.8 Å². The number of halogens is 1. The van der Waals surface area contributed by atoms with E-state index in [-0.39, 0.29) is 17.5 Å². The fourth-order valence-electron chi connectivity index (χ4n) is 3.50. The number of hydrogen-bond acceptors (Lipinski definition) is 7. The molecule has 0 spiro atoms. The number of aromatic nitrogens is 5. The van der Waals surface area contributed by atoms with E-state index in [1.165, 1.54) is 29.2 Å². The van der Waals surface area contributed by atoms with E-state index < -0.39 is 5.97 Å². The number of carbonyl (C=O) groups excluding carboxylic acids is 1. The highest BCUT2D eigenvalue weighted by atomic mass is 35.5. The molecular formula is C25H22ClN7O3. The molecule has 182 valence electrons. The van der Waals surface area contributed by atoms with Crippen LogP contribution in [0.15, 0.2) is 79.4 Å². The largest absolute Gasteiger partial charge is 0.478 e. The SMILES string of the molecule is O=C(/C=C/c1cc(Cl)ccc1-n1cnnn1)NC(CNc1ccc(C(=O)O)cc1)Cc1ccncc1. The van der Waals surface area contributed by atoms with Crippen LogP contribution in [-0.2, 0) is 11.2 Å². The van der Waals surface area contributed by atoms with Gasteiger partial charge in [-0.1, -0.05) is 11.6 Å². The predicted molar refractivity (Wildman–Crippen MR) is 135 cm³/mol. The van der Waals surface area contributed by atoms with Gasteiger partial charge in [0.1, 0.15) is 6.33 Å². The van der Waals surface area contributed by atoms with Gasteiger partial charge in [0.2, 0.25) is 5.91 Å². The third-order valence-electron chi connectivity index (χ3n) is 5.26. The average molecular weight is 504 g/mol. The van der Waals surface area contributed by atoms with Crippen LogP contribution in [0.25, 0.3) is 11.8 Å². The Hall–Kier alpha value is -4.57. The number of hydrogen-bond donors (Lipinski definition) is 3. The molecule has 36 heavy (non-hydrogen) atoms. The molecular weight excluding hydrogens is 482 g/mol. The number of carbonyl (C=O) groups is 2. The van der Waals surface area contributed by atoms with E-state index in [4.69, 9.17) is 16.7 Å². The number of nitrogens with one attached hydrogen (secondary N) is 2. The number of pyridine rings is 1. The summed E-state index contributed by atoms with van der Waals surface area (Å²) in [5, 5.41) is 27.1. The van der Waals surface area contributed by atoms with E-state index >= 15 is 0 Å². The van der Waals surface area contributed by atoms with Gasteiger partial charge in [-0.3, -0.25) is 9.78 Å². The molecule has 0 saturated heterocycles. The second-order valence-corrected chi connectivity index (χ2v) is 8.26. The second kappa shape index (κ2) is 11.7. The molecule has 3 N–H and O–H groups in total. The van der Waals surface area contributed by atoms with Crippen molar-refractivity contribution in [1.82, 2.24) is 30.5 Å². The molecule has 0 aliphatic carbocycles. The van der Waals surface area contributed by atoms with Gasteiger partial charge in [-0.15, -0.1) is 5.10 Å². The van der Waals surface area contributed by atoms with Crippen LogP contribution in [0.3, 0.4) is 0 Å². The zero-order valence-electron chi connectivity index (χ0n) is 19.0. The third kappa shape index (κ3) is 6.73. The topological polar surface area (TPSA) is 135 Å². The lowest BCUT2D eigenvalue weighted by Gasteiger charge is -2.19. The van der Waals surface area contributed by atoms with Crippen molar-refractivity contribution >= 4 is 35.2 Å². The quantitative estimate of drug-likeness (QED) is 0.281. The summed E-state index contributed by atoms with van der Waals surface area (Å²) in [6, 6.07) is 15.2. The van der Waals surface area contributed by atoms with E-state index in [2.05, 4.69) is 31.1 Å². The minimum atomic E-state index is -0.987. The molecule has 1 amide bonds. The summed E-state index contributed by atoms with van der Waals surface area (Å²) in [6.07, 6.45) is 8.51. The Morgan fingerprint density at radius 1 is 1.08 bits per heavy atom. The standard InChI is InChI=1S/C25H22ClN7O3/c26-20-4-7-23(33-16-29-31-32-33)19(14-20)3-8-24(34)30-22(13-17-9-11-27-12-10-17)15-28-21-5-1-18(2-6-21)25(35)36/h1-12,14,16,22,28H,13,15H2,(H,30,34)(H,35,36)/b8-3+. The number of nitrogens with zero attached hydrogens (tertiary/aromatic N) is 5. The van der Waals surface area contributed by atoms with E-state index in [9.17, 15) is 9.59 Å². The van der Waals surface area contributed by atoms with Gasteiger partial charge in [-0.2, -0.15) is 4.68 Å². The number of anilines is 1. The Balaban J connectivity index is 1.46. The summed E-state index contributed by atoms with van der Waals surface area (Å²) in [5.41, 5.74) is 3.31. The Labute approximate surface area is 211 Å². The normalized spacial score (nSPS) is 11.8. The number of carboxylic acid groups (broad SMARTS) is 1. The molecule has 0 aliphatic rings. The Bertz CT molecular complexity index is 1340. The first kappa shape index (κ1) is 24.6. The molecule has 0 saturated carbocycles. The fraction of sp³-hybridized carbons (Fsp3) is 0.120. The average Bonchev–Trinajstić information content (AvgIpc) is 3.42. The summed E-state index contributed by atoms with van der Waals surface area (Å²) in [7, 11) is 0. The maximum Gasteiger partial charge on any atom is 0.335 e. The molecule has 1 unspecified atom stereocenters. The summed E-state index contributed by atoms with van der Waals surface area (Å²) < 4.78 is 1.49. The number of rotatable bonds is 10. The summed E-state index contributed by atoms with van der Waals surface area (Å²) >= 11 is 6.15. The van der Waals surface area contributed by atoms with Crippen LogP contribution in [0.2, 0.25) is 5.02 Å². The lowest BCUT2D eigenvalue weighted by atomic mass is 10.1. The van der Waals surface area contributed by atoms with Crippen molar-refractivity contribution in [2.45, 2.75) is 12.5 Å². The van der Waals surface area contributed by atoms with Gasteiger partial charge in [-0.05, 0) is 83.1 Å². The van der Waals surface area contributed by atoms with Crippen LogP contribution >= 0.6 is 11.6 Å². The number of amides is 1. The lowest BCUT2D eigenvalue weighted by Crippen LogP contribution is -2.40. The molecule has 0 bridgehead atoms. The van der Waals surface area contributed by atoms with Crippen molar-refractivity contribution in [3.8, 4) is 5.69 Å². The highest BCUT2D eigenvalue weighted by Gasteiger charge is 2.13. The maximum absolute atomic E-state index is 12.8. The van der Waals surface area contributed by atoms with Crippen molar-refractivity contribution in [2.75, 3.05) is 11.9 Å². The van der Waals surface area contributed by atoms with E-state index in [1.807, 2.05) is 12.1 Å². The molecule has 2 aromatic carbocycles. The first-order valence-electron chi connectivity index (χ1n) is 11.0. The smallest absolute Gasteiger partial charge is 0.335 e. The van der Waals surface area contributed by atoms with E-state index in [0.29, 0.717) is 29.2 Å². The van der Waals surface area contributed by atoms with Crippen LogP contribution in [0, 0.1) is 0 Å². The van der Waals surface area contributed by atoms with E-state index in [0.717, 1.165) is 11.3 Å². The summed E-state index contributed by atoms with van der Waals surface area (Å²) in [6.45, 7) is 0.418. The van der Waals surface area contributed by atoms with Gasteiger partial charge in [-0.25, -0.2) is 4.79 Å². The zero-order chi connectivity index (χ0) is 25.3. The molecule has 11 heteroatoms. The Morgan fingerprint density at radius 3 is 2.56 bits per heavy atom. The number of tetrazole rings is 1. The molecule has 10 nitrogen and oxygen atoms in total. The molecule has 2 aromatic heterocycles. The van der Waals surface area contributed by atoms with Crippen molar-refractivity contribution in [1.29, 1.82) is 0 Å². The Kier molecular flexibility index (Phi) is 7.99. The van der Waals surface area contributed by atoms with Crippen LogP contribution in [0.4, 0.5) is 5.69 Å². The van der Waals surface area contributed by atoms with Gasteiger partial charge in [0.05, 0.1) is 17.3 Å². The highest BCUT2D eigenvalue weighted by Crippen LogP contribution is 2.20. The van der Waals surface area contributed by atoms with Gasteiger partial charge >= 0.3 is 5.97 Å². The Morgan fingerprint density at radius 2 is 1.86 bits per heavy atom. The number of benzene rings is 2. The molecule has 1 atom stereocenters. The van der Waals surface area contributed by atoms with Crippen LogP contribution in [0.1, 0.15) is 21.5 Å². The molecule has 0 fully saturated rings. The van der Waals surface area contributed by atoms with Crippen molar-refractivity contribution in [2.24, 2.45) is 0 Å². The lowest BCUT2D eigenvalue weighted by molar-refractivity contribution is -0.117. The molecule has 4 aromatic rings. The van der Waals surface area contributed by atoms with Gasteiger partial charge < -0.3 is 15.7 Å². The first-order chi connectivity index (χ1) is 17.5. The maximum atomic E-state index is 12.8. The number of aromatic carboxylic acids is 1. The third-order valence-corrected chi connectivity index (χ3v) is 5.50.